The SMILES string of the molecule is CC(C)=CCC[C@@H](C)/C=C/C=C(\C)C(=O)CC[C@@H]1CC[N@+]2(C)CCCC[C@H]12.[Cl-]. The lowest BCUT2D eigenvalue weighted by molar-refractivity contribution is -0.927. The summed E-state index contributed by atoms with van der Waals surface area (Å²) in [5, 5.41) is 0. The number of nitrogens with zero attached hydrogens (tertiary/aromatic N) is 1. The Labute approximate surface area is 180 Å². The highest BCUT2D eigenvalue weighted by Crippen LogP contribution is 2.39. The summed E-state index contributed by atoms with van der Waals surface area (Å²) in [4.78, 5) is 12.5. The molecule has 0 aromatic carbocycles. The summed E-state index contributed by atoms with van der Waals surface area (Å²) in [5.41, 5.74) is 2.31. The summed E-state index contributed by atoms with van der Waals surface area (Å²) >= 11 is 0. The minimum atomic E-state index is 0. The fourth-order valence-corrected chi connectivity index (χ4v) is 5.04. The van der Waals surface area contributed by atoms with Gasteiger partial charge in [-0.2, -0.15) is 0 Å². The van der Waals surface area contributed by atoms with E-state index in [2.05, 4.69) is 46.0 Å². The van der Waals surface area contributed by atoms with Crippen molar-refractivity contribution < 1.29 is 21.7 Å². The van der Waals surface area contributed by atoms with Gasteiger partial charge in [-0.15, -0.1) is 0 Å². The Morgan fingerprint density at radius 3 is 2.61 bits per heavy atom. The first kappa shape index (κ1) is 25.2. The van der Waals surface area contributed by atoms with Crippen LogP contribution in [0.2, 0.25) is 0 Å². The zero-order valence-corrected chi connectivity index (χ0v) is 19.6. The van der Waals surface area contributed by atoms with E-state index >= 15 is 0 Å². The van der Waals surface area contributed by atoms with Crippen LogP contribution in [0.3, 0.4) is 0 Å². The summed E-state index contributed by atoms with van der Waals surface area (Å²) in [6.45, 7) is 11.2. The van der Waals surface area contributed by atoms with Crippen LogP contribution in [-0.4, -0.2) is 36.4 Å². The third-order valence-corrected chi connectivity index (χ3v) is 6.92. The van der Waals surface area contributed by atoms with Gasteiger partial charge in [0.25, 0.3) is 0 Å². The zero-order valence-electron chi connectivity index (χ0n) is 18.8. The molecule has 0 aliphatic carbocycles. The van der Waals surface area contributed by atoms with Crippen LogP contribution in [0.15, 0.2) is 35.5 Å². The summed E-state index contributed by atoms with van der Waals surface area (Å²) < 4.78 is 1.28. The van der Waals surface area contributed by atoms with Gasteiger partial charge in [0.1, 0.15) is 0 Å². The maximum atomic E-state index is 12.5. The Balaban J connectivity index is 0.00000392. The first-order chi connectivity index (χ1) is 12.8. The fraction of sp³-hybridized carbons (Fsp3) is 0.720. The molecule has 0 bridgehead atoms. The van der Waals surface area contributed by atoms with Crippen LogP contribution in [0.4, 0.5) is 0 Å². The third-order valence-electron chi connectivity index (χ3n) is 6.92. The Bertz CT molecular complexity index is 587. The van der Waals surface area contributed by atoms with Crippen molar-refractivity contribution >= 4 is 5.78 Å². The number of allylic oxidation sites excluding steroid dienone is 6. The number of ketones is 1. The summed E-state index contributed by atoms with van der Waals surface area (Å²) in [6.07, 6.45) is 18.2. The number of fused-ring (bicyclic) bond motifs is 1. The zero-order chi connectivity index (χ0) is 19.9. The first-order valence-corrected chi connectivity index (χ1v) is 11.2. The standard InChI is InChI=1S/C25H42NO.ClH/c1-20(2)10-8-11-21(3)12-9-13-22(4)25(27)16-15-23-17-19-26(5)18-7-6-14-24(23)26;/h9-10,12-13,21,23-24H,6-8,11,14-19H2,1-5H3;1H/q+1;/p-1/b12-9+,22-13+;/t21-,23-,24-,26+;/m1./s1. The lowest BCUT2D eigenvalue weighted by atomic mass is 9.87. The molecule has 3 heteroatoms. The van der Waals surface area contributed by atoms with Gasteiger partial charge in [0, 0.05) is 18.8 Å². The van der Waals surface area contributed by atoms with Crippen molar-refractivity contribution in [2.75, 3.05) is 20.1 Å². The van der Waals surface area contributed by atoms with Gasteiger partial charge in [0.05, 0.1) is 26.2 Å². The average Bonchev–Trinajstić information content (AvgIpc) is 2.95. The minimum absolute atomic E-state index is 0. The number of piperidine rings is 1. The Morgan fingerprint density at radius 2 is 1.89 bits per heavy atom. The molecule has 4 atom stereocenters. The molecule has 0 unspecified atom stereocenters. The van der Waals surface area contributed by atoms with Gasteiger partial charge in [-0.3, -0.25) is 4.79 Å². The molecule has 2 heterocycles. The highest BCUT2D eigenvalue weighted by atomic mass is 35.5. The monoisotopic (exact) mass is 407 g/mol. The Kier molecular flexibility index (Phi) is 10.8. The molecule has 0 radical (unpaired) electrons. The van der Waals surface area contributed by atoms with Crippen molar-refractivity contribution in [3.8, 4) is 0 Å². The van der Waals surface area contributed by atoms with Gasteiger partial charge in [-0.25, -0.2) is 0 Å². The van der Waals surface area contributed by atoms with Crippen LogP contribution in [0.1, 0.15) is 79.1 Å². The molecule has 0 spiro atoms. The number of hydrogen-bond acceptors (Lipinski definition) is 1. The van der Waals surface area contributed by atoms with E-state index in [9.17, 15) is 4.79 Å². The highest BCUT2D eigenvalue weighted by molar-refractivity contribution is 5.94. The molecule has 2 saturated heterocycles. The number of carbonyl (C=O) groups is 1. The highest BCUT2D eigenvalue weighted by Gasteiger charge is 2.46. The van der Waals surface area contributed by atoms with Crippen molar-refractivity contribution in [1.29, 1.82) is 0 Å². The first-order valence-electron chi connectivity index (χ1n) is 11.2. The van der Waals surface area contributed by atoms with Crippen molar-refractivity contribution in [2.24, 2.45) is 11.8 Å². The van der Waals surface area contributed by atoms with Crippen LogP contribution in [0.25, 0.3) is 0 Å². The molecule has 0 saturated carbocycles. The largest absolute Gasteiger partial charge is 1.00 e. The molecule has 160 valence electrons. The summed E-state index contributed by atoms with van der Waals surface area (Å²) in [5.74, 6) is 1.66. The Morgan fingerprint density at radius 1 is 1.14 bits per heavy atom. The molecular formula is C25H42ClNO. The van der Waals surface area contributed by atoms with Gasteiger partial charge >= 0.3 is 0 Å². The van der Waals surface area contributed by atoms with Crippen LogP contribution in [0.5, 0.6) is 0 Å². The summed E-state index contributed by atoms with van der Waals surface area (Å²) in [7, 11) is 2.44. The second-order valence-corrected chi connectivity index (χ2v) is 9.57. The van der Waals surface area contributed by atoms with E-state index in [1.165, 1.54) is 55.2 Å². The normalized spacial score (nSPS) is 28.5. The molecule has 2 nitrogen and oxygen atoms in total. The van der Waals surface area contributed by atoms with Crippen LogP contribution >= 0.6 is 0 Å². The molecular weight excluding hydrogens is 366 g/mol. The summed E-state index contributed by atoms with van der Waals surface area (Å²) in [6, 6.07) is 0.817. The molecule has 28 heavy (non-hydrogen) atoms. The van der Waals surface area contributed by atoms with Crippen molar-refractivity contribution in [2.45, 2.75) is 85.1 Å². The van der Waals surface area contributed by atoms with E-state index in [1.54, 1.807) is 0 Å². The quantitative estimate of drug-likeness (QED) is 0.248. The van der Waals surface area contributed by atoms with E-state index in [-0.39, 0.29) is 12.4 Å². The van der Waals surface area contributed by atoms with E-state index in [4.69, 9.17) is 0 Å². The van der Waals surface area contributed by atoms with Crippen LogP contribution in [0, 0.1) is 11.8 Å². The molecule has 2 rings (SSSR count). The topological polar surface area (TPSA) is 17.1 Å². The number of halogens is 1. The number of hydrogen-bond donors (Lipinski definition) is 0. The second-order valence-electron chi connectivity index (χ2n) is 9.57. The maximum Gasteiger partial charge on any atom is 0.158 e. The maximum absolute atomic E-state index is 12.5. The third kappa shape index (κ3) is 7.52. The fourth-order valence-electron chi connectivity index (χ4n) is 5.04. The number of Topliss-reactive ketones (excluding diaryl/α,β-unsaturated/α-hetero) is 1. The number of carbonyl (C=O) groups excluding carboxylic acids is 1. The molecule has 2 fully saturated rings. The van der Waals surface area contributed by atoms with Crippen molar-refractivity contribution in [1.82, 2.24) is 0 Å². The Hall–Kier alpha value is -0.860. The smallest absolute Gasteiger partial charge is 0.158 e. The van der Waals surface area contributed by atoms with Gasteiger partial charge in [-0.05, 0) is 70.8 Å². The van der Waals surface area contributed by atoms with Crippen molar-refractivity contribution in [3.05, 3.63) is 35.5 Å². The number of rotatable bonds is 9. The van der Waals surface area contributed by atoms with Gasteiger partial charge in [0.2, 0.25) is 0 Å². The molecule has 0 amide bonds. The van der Waals surface area contributed by atoms with E-state index < -0.39 is 0 Å². The molecule has 2 aliphatic heterocycles. The van der Waals surface area contributed by atoms with Gasteiger partial charge in [-0.1, -0.05) is 36.8 Å². The second kappa shape index (κ2) is 12.0. The predicted octanol–water partition coefficient (Wildman–Crippen LogP) is 3.24. The molecule has 2 aliphatic rings. The van der Waals surface area contributed by atoms with Gasteiger partial charge in [0.15, 0.2) is 5.78 Å². The van der Waals surface area contributed by atoms with Crippen LogP contribution < -0.4 is 12.4 Å². The van der Waals surface area contributed by atoms with Gasteiger partial charge < -0.3 is 16.9 Å². The lowest BCUT2D eigenvalue weighted by Gasteiger charge is -2.41. The van der Waals surface area contributed by atoms with E-state index in [0.29, 0.717) is 11.7 Å². The minimum Gasteiger partial charge on any atom is -1.00 e. The van der Waals surface area contributed by atoms with E-state index in [0.717, 1.165) is 36.8 Å². The van der Waals surface area contributed by atoms with E-state index in [1.807, 2.05) is 13.0 Å². The average molecular weight is 408 g/mol. The van der Waals surface area contributed by atoms with Crippen LogP contribution in [-0.2, 0) is 4.79 Å². The molecule has 0 N–H and O–H groups in total. The van der Waals surface area contributed by atoms with Crippen molar-refractivity contribution in [3.63, 3.8) is 0 Å². The lowest BCUT2D eigenvalue weighted by Crippen LogP contribution is -3.00. The predicted molar refractivity (Wildman–Crippen MR) is 117 cm³/mol. The molecule has 0 aromatic rings. The number of quaternary nitrogens is 1. The molecule has 0 aromatic heterocycles.